The molecule has 6 heteroatoms. The van der Waals surface area contributed by atoms with E-state index in [0.29, 0.717) is 0 Å². The van der Waals surface area contributed by atoms with Crippen LogP contribution >= 0.6 is 0 Å². The zero-order chi connectivity index (χ0) is 16.6. The van der Waals surface area contributed by atoms with Crippen molar-refractivity contribution in [3.8, 4) is 0 Å². The minimum Gasteiger partial charge on any atom is -0.466 e. The largest absolute Gasteiger partial charge is 0.466 e. The molecule has 0 bridgehead atoms. The van der Waals surface area contributed by atoms with Gasteiger partial charge in [-0.1, -0.05) is 20.3 Å². The number of rotatable bonds is 7. The Kier molecular flexibility index (Phi) is 8.32. The Balaban J connectivity index is 4.72. The molecule has 1 amide bonds. The maximum Gasteiger partial charge on any atom is 0.407 e. The fourth-order valence-electron chi connectivity index (χ4n) is 1.83. The molecule has 0 aromatic rings. The van der Waals surface area contributed by atoms with E-state index in [0.717, 1.165) is 6.42 Å². The number of hydrogen-bond donors (Lipinski definition) is 2. The summed E-state index contributed by atoms with van der Waals surface area (Å²) in [5.41, 5.74) is -0.615. The summed E-state index contributed by atoms with van der Waals surface area (Å²) < 4.78 is 10.0. The summed E-state index contributed by atoms with van der Waals surface area (Å²) in [6.45, 7) is 11.1. The van der Waals surface area contributed by atoms with Crippen LogP contribution in [0, 0.1) is 5.92 Å². The zero-order valence-corrected chi connectivity index (χ0v) is 13.9. The molecule has 3 atom stereocenters. The molecule has 0 radical (unpaired) electrons. The first-order valence-electron chi connectivity index (χ1n) is 7.43. The van der Waals surface area contributed by atoms with Crippen LogP contribution in [0.5, 0.6) is 0 Å². The summed E-state index contributed by atoms with van der Waals surface area (Å²) in [6.07, 6.45) is -1.01. The number of carbonyl (C=O) groups is 2. The number of hydrogen-bond acceptors (Lipinski definition) is 5. The molecule has 124 valence electrons. The number of aliphatic hydroxyl groups is 1. The number of alkyl carbamates (subject to hydrolysis) is 1. The molecule has 0 aromatic heterocycles. The van der Waals surface area contributed by atoms with Crippen molar-refractivity contribution in [2.24, 2.45) is 5.92 Å². The van der Waals surface area contributed by atoms with Gasteiger partial charge in [-0.2, -0.15) is 0 Å². The van der Waals surface area contributed by atoms with Gasteiger partial charge in [-0.15, -0.1) is 0 Å². The number of amides is 1. The highest BCUT2D eigenvalue weighted by molar-refractivity contribution is 5.71. The molecule has 0 spiro atoms. The van der Waals surface area contributed by atoms with Gasteiger partial charge < -0.3 is 19.9 Å². The van der Waals surface area contributed by atoms with Gasteiger partial charge >= 0.3 is 12.1 Å². The Morgan fingerprint density at radius 3 is 2.24 bits per heavy atom. The lowest BCUT2D eigenvalue weighted by atomic mass is 9.93. The molecule has 0 rings (SSSR count). The highest BCUT2D eigenvalue weighted by Gasteiger charge is 2.30. The summed E-state index contributed by atoms with van der Waals surface area (Å²) in [6, 6.07) is -0.561. The van der Waals surface area contributed by atoms with E-state index in [2.05, 4.69) is 5.32 Å². The molecule has 0 saturated carbocycles. The van der Waals surface area contributed by atoms with Crippen LogP contribution in [0.15, 0.2) is 0 Å². The molecule has 0 aliphatic heterocycles. The van der Waals surface area contributed by atoms with E-state index in [4.69, 9.17) is 9.47 Å². The van der Waals surface area contributed by atoms with Crippen molar-refractivity contribution >= 4 is 12.1 Å². The van der Waals surface area contributed by atoms with Crippen molar-refractivity contribution in [3.05, 3.63) is 0 Å². The van der Waals surface area contributed by atoms with E-state index in [1.54, 1.807) is 27.7 Å². The third-order valence-corrected chi connectivity index (χ3v) is 3.04. The number of carbonyl (C=O) groups excluding carboxylic acids is 2. The highest BCUT2D eigenvalue weighted by atomic mass is 16.6. The van der Waals surface area contributed by atoms with Crippen LogP contribution in [-0.2, 0) is 14.3 Å². The summed E-state index contributed by atoms with van der Waals surface area (Å²) >= 11 is 0. The van der Waals surface area contributed by atoms with Gasteiger partial charge in [-0.05, 0) is 33.6 Å². The fraction of sp³-hybridized carbons (Fsp3) is 0.867. The molecule has 6 nitrogen and oxygen atoms in total. The maximum absolute atomic E-state index is 11.8. The van der Waals surface area contributed by atoms with Gasteiger partial charge in [0.1, 0.15) is 5.60 Å². The molecular weight excluding hydrogens is 274 g/mol. The second-order valence-corrected chi connectivity index (χ2v) is 6.13. The first-order chi connectivity index (χ1) is 9.60. The average Bonchev–Trinajstić information content (AvgIpc) is 2.32. The number of ether oxygens (including phenoxy) is 2. The molecule has 21 heavy (non-hydrogen) atoms. The lowest BCUT2D eigenvalue weighted by Crippen LogP contribution is -2.49. The summed E-state index contributed by atoms with van der Waals surface area (Å²) in [7, 11) is 0. The van der Waals surface area contributed by atoms with Crippen LogP contribution in [0.2, 0.25) is 0 Å². The number of esters is 1. The average molecular weight is 303 g/mol. The molecule has 0 unspecified atom stereocenters. The van der Waals surface area contributed by atoms with E-state index in [9.17, 15) is 14.7 Å². The molecule has 2 N–H and O–H groups in total. The third-order valence-electron chi connectivity index (χ3n) is 3.04. The summed E-state index contributed by atoms with van der Waals surface area (Å²) in [5.74, 6) is -0.480. The van der Waals surface area contributed by atoms with Crippen LogP contribution in [0.4, 0.5) is 4.79 Å². The normalized spacial score (nSPS) is 15.8. The Morgan fingerprint density at radius 1 is 1.24 bits per heavy atom. The van der Waals surface area contributed by atoms with Crippen LogP contribution in [0.25, 0.3) is 0 Å². The topological polar surface area (TPSA) is 84.9 Å². The van der Waals surface area contributed by atoms with E-state index >= 15 is 0 Å². The monoisotopic (exact) mass is 303 g/mol. The van der Waals surface area contributed by atoms with Gasteiger partial charge in [0, 0.05) is 0 Å². The standard InChI is InChI=1S/C15H29NO5/c1-7-10(3)13(11(17)9-12(18)20-8-2)16-14(19)21-15(4,5)6/h10-11,13,17H,7-9H2,1-6H3,(H,16,19)/t10-,11+,13+/m0/s1. The Morgan fingerprint density at radius 2 is 1.81 bits per heavy atom. The lowest BCUT2D eigenvalue weighted by molar-refractivity contribution is -0.146. The van der Waals surface area contributed by atoms with Crippen molar-refractivity contribution in [2.45, 2.75) is 72.1 Å². The van der Waals surface area contributed by atoms with Gasteiger partial charge in [0.25, 0.3) is 0 Å². The van der Waals surface area contributed by atoms with Crippen molar-refractivity contribution in [1.82, 2.24) is 5.32 Å². The van der Waals surface area contributed by atoms with Crippen molar-refractivity contribution < 1.29 is 24.2 Å². The van der Waals surface area contributed by atoms with E-state index in [-0.39, 0.29) is 18.9 Å². The first kappa shape index (κ1) is 19.7. The van der Waals surface area contributed by atoms with Crippen molar-refractivity contribution in [2.75, 3.05) is 6.61 Å². The Bertz CT molecular complexity index is 337. The smallest absolute Gasteiger partial charge is 0.407 e. The molecule has 0 fully saturated rings. The van der Waals surface area contributed by atoms with Crippen LogP contribution < -0.4 is 5.32 Å². The van der Waals surface area contributed by atoms with Gasteiger partial charge in [-0.3, -0.25) is 4.79 Å². The second-order valence-electron chi connectivity index (χ2n) is 6.13. The molecule has 0 aromatic carbocycles. The van der Waals surface area contributed by atoms with E-state index < -0.39 is 29.8 Å². The minimum atomic E-state index is -1.01. The minimum absolute atomic E-state index is 0.00180. The van der Waals surface area contributed by atoms with Gasteiger partial charge in [-0.25, -0.2) is 4.79 Å². The van der Waals surface area contributed by atoms with Gasteiger partial charge in [0.2, 0.25) is 0 Å². The van der Waals surface area contributed by atoms with Crippen LogP contribution in [0.3, 0.4) is 0 Å². The van der Waals surface area contributed by atoms with Crippen LogP contribution in [0.1, 0.15) is 54.4 Å². The Labute approximate surface area is 127 Å². The SMILES string of the molecule is CCOC(=O)C[C@@H](O)[C@H](NC(=O)OC(C)(C)C)[C@@H](C)CC. The zero-order valence-electron chi connectivity index (χ0n) is 13.9. The Hall–Kier alpha value is -1.30. The highest BCUT2D eigenvalue weighted by Crippen LogP contribution is 2.16. The molecule has 0 saturated heterocycles. The number of aliphatic hydroxyl groups excluding tert-OH is 1. The summed E-state index contributed by atoms with van der Waals surface area (Å²) in [4.78, 5) is 23.3. The summed E-state index contributed by atoms with van der Waals surface area (Å²) in [5, 5.41) is 12.8. The van der Waals surface area contributed by atoms with E-state index in [1.807, 2.05) is 13.8 Å². The quantitative estimate of drug-likeness (QED) is 0.705. The van der Waals surface area contributed by atoms with Gasteiger partial charge in [0.05, 0.1) is 25.2 Å². The van der Waals surface area contributed by atoms with Crippen molar-refractivity contribution in [3.63, 3.8) is 0 Å². The third kappa shape index (κ3) is 8.55. The molecular formula is C15H29NO5. The second kappa shape index (κ2) is 8.87. The molecule has 0 aliphatic carbocycles. The molecule has 0 aliphatic rings. The van der Waals surface area contributed by atoms with E-state index in [1.165, 1.54) is 0 Å². The number of nitrogens with one attached hydrogen (secondary N) is 1. The first-order valence-corrected chi connectivity index (χ1v) is 7.43. The predicted molar refractivity (Wildman–Crippen MR) is 79.9 cm³/mol. The fourth-order valence-corrected chi connectivity index (χ4v) is 1.83. The van der Waals surface area contributed by atoms with Crippen molar-refractivity contribution in [1.29, 1.82) is 0 Å². The lowest BCUT2D eigenvalue weighted by Gasteiger charge is -2.30. The predicted octanol–water partition coefficient (Wildman–Crippen LogP) is 2.24. The maximum atomic E-state index is 11.8. The van der Waals surface area contributed by atoms with Gasteiger partial charge in [0.15, 0.2) is 0 Å². The molecule has 0 heterocycles. The van der Waals surface area contributed by atoms with Crippen LogP contribution in [-0.4, -0.2) is 41.5 Å².